The lowest BCUT2D eigenvalue weighted by molar-refractivity contribution is 0.102. The zero-order valence-corrected chi connectivity index (χ0v) is 15.3. The Kier molecular flexibility index (Phi) is 4.18. The Balaban J connectivity index is 1.63. The summed E-state index contributed by atoms with van der Waals surface area (Å²) < 4.78 is 3.72. The molecule has 0 atom stereocenters. The predicted octanol–water partition coefficient (Wildman–Crippen LogP) is 4.59. The van der Waals surface area contributed by atoms with Crippen molar-refractivity contribution in [1.82, 2.24) is 14.3 Å². The van der Waals surface area contributed by atoms with E-state index in [2.05, 4.69) is 10.4 Å². The first-order chi connectivity index (χ1) is 12.6. The number of benzene rings is 1. The smallest absolute Gasteiger partial charge is 0.259 e. The van der Waals surface area contributed by atoms with Crippen LogP contribution in [0.25, 0.3) is 10.7 Å². The van der Waals surface area contributed by atoms with Gasteiger partial charge in [-0.1, -0.05) is 18.2 Å². The molecule has 1 amide bonds. The Morgan fingerprint density at radius 2 is 1.81 bits per heavy atom. The average molecular weight is 362 g/mol. The molecule has 0 aliphatic rings. The van der Waals surface area contributed by atoms with Crippen molar-refractivity contribution in [2.75, 3.05) is 5.32 Å². The number of carbonyl (C=O) groups excluding carboxylic acids is 1. The fourth-order valence-electron chi connectivity index (χ4n) is 2.83. The molecule has 0 saturated carbocycles. The maximum Gasteiger partial charge on any atom is 0.259 e. The van der Waals surface area contributed by atoms with Gasteiger partial charge in [0, 0.05) is 17.3 Å². The lowest BCUT2D eigenvalue weighted by atomic mass is 10.1. The number of nitrogens with one attached hydrogen (secondary N) is 1. The van der Waals surface area contributed by atoms with E-state index in [1.807, 2.05) is 79.5 Å². The average Bonchev–Trinajstić information content (AvgIpc) is 3.38. The van der Waals surface area contributed by atoms with Crippen LogP contribution in [0.1, 0.15) is 20.8 Å². The molecule has 0 fully saturated rings. The summed E-state index contributed by atoms with van der Waals surface area (Å²) in [6.45, 7) is 4.03. The normalized spacial score (nSPS) is 10.8. The van der Waals surface area contributed by atoms with Gasteiger partial charge >= 0.3 is 0 Å². The molecule has 3 heterocycles. The largest absolute Gasteiger partial charge is 0.319 e. The molecule has 1 aromatic carbocycles. The quantitative estimate of drug-likeness (QED) is 0.577. The SMILES string of the molecule is Cc1sc(-n2cccc2)c(C(=O)Nc2cnn(-c3ccccc3)c2)c1C. The van der Waals surface area contributed by atoms with Crippen LogP contribution in [0.3, 0.4) is 0 Å². The number of anilines is 1. The van der Waals surface area contributed by atoms with Gasteiger partial charge in [0.2, 0.25) is 0 Å². The molecule has 4 rings (SSSR count). The van der Waals surface area contributed by atoms with E-state index in [0.717, 1.165) is 21.1 Å². The Morgan fingerprint density at radius 3 is 2.54 bits per heavy atom. The number of carbonyl (C=O) groups is 1. The zero-order chi connectivity index (χ0) is 18.1. The molecule has 0 bridgehead atoms. The number of nitrogens with zero attached hydrogens (tertiary/aromatic N) is 3. The minimum absolute atomic E-state index is 0.122. The number of hydrogen-bond acceptors (Lipinski definition) is 3. The van der Waals surface area contributed by atoms with Crippen LogP contribution >= 0.6 is 11.3 Å². The van der Waals surface area contributed by atoms with E-state index in [1.54, 1.807) is 22.2 Å². The number of aromatic nitrogens is 3. The monoisotopic (exact) mass is 362 g/mol. The second kappa shape index (κ2) is 6.65. The van der Waals surface area contributed by atoms with Gasteiger partial charge in [0.1, 0.15) is 5.00 Å². The number of hydrogen-bond donors (Lipinski definition) is 1. The van der Waals surface area contributed by atoms with E-state index in [1.165, 1.54) is 0 Å². The van der Waals surface area contributed by atoms with Crippen LogP contribution in [-0.4, -0.2) is 20.3 Å². The van der Waals surface area contributed by atoms with Gasteiger partial charge in [-0.3, -0.25) is 4.79 Å². The van der Waals surface area contributed by atoms with Crippen LogP contribution in [0.15, 0.2) is 67.3 Å². The van der Waals surface area contributed by atoms with Crippen molar-refractivity contribution in [3.63, 3.8) is 0 Å². The van der Waals surface area contributed by atoms with Gasteiger partial charge in [-0.05, 0) is 43.7 Å². The molecule has 3 aromatic heterocycles. The molecule has 1 N–H and O–H groups in total. The van der Waals surface area contributed by atoms with Gasteiger partial charge in [-0.25, -0.2) is 4.68 Å². The fraction of sp³-hybridized carbons (Fsp3) is 0.100. The highest BCUT2D eigenvalue weighted by molar-refractivity contribution is 7.15. The summed E-state index contributed by atoms with van der Waals surface area (Å²) in [5.41, 5.74) is 3.33. The molecule has 0 saturated heterocycles. The van der Waals surface area contributed by atoms with Crippen molar-refractivity contribution in [3.8, 4) is 10.7 Å². The lowest BCUT2D eigenvalue weighted by Gasteiger charge is -2.07. The third-order valence-electron chi connectivity index (χ3n) is 4.29. The van der Waals surface area contributed by atoms with E-state index in [4.69, 9.17) is 0 Å². The highest BCUT2D eigenvalue weighted by Gasteiger charge is 2.21. The van der Waals surface area contributed by atoms with Gasteiger partial charge in [0.15, 0.2) is 0 Å². The Bertz CT molecular complexity index is 1050. The van der Waals surface area contributed by atoms with Crippen molar-refractivity contribution in [3.05, 3.63) is 83.3 Å². The molecule has 5 nitrogen and oxygen atoms in total. The van der Waals surface area contributed by atoms with Crippen LogP contribution in [0.5, 0.6) is 0 Å². The summed E-state index contributed by atoms with van der Waals surface area (Å²) >= 11 is 1.62. The van der Waals surface area contributed by atoms with Gasteiger partial charge in [-0.15, -0.1) is 11.3 Å². The molecule has 130 valence electrons. The standard InChI is InChI=1S/C20H18N4OS/c1-14-15(2)26-20(23-10-6-7-11-23)18(14)19(25)22-16-12-21-24(13-16)17-8-4-3-5-9-17/h3-13H,1-2H3,(H,22,25). The van der Waals surface area contributed by atoms with Gasteiger partial charge in [0.25, 0.3) is 5.91 Å². The first kappa shape index (κ1) is 16.4. The number of rotatable bonds is 4. The summed E-state index contributed by atoms with van der Waals surface area (Å²) in [5.74, 6) is -0.122. The van der Waals surface area contributed by atoms with Crippen molar-refractivity contribution < 1.29 is 4.79 Å². The number of thiophene rings is 1. The molecule has 6 heteroatoms. The Hall–Kier alpha value is -3.12. The van der Waals surface area contributed by atoms with Crippen molar-refractivity contribution >= 4 is 22.9 Å². The summed E-state index contributed by atoms with van der Waals surface area (Å²) in [5, 5.41) is 8.24. The predicted molar refractivity (Wildman–Crippen MR) is 105 cm³/mol. The topological polar surface area (TPSA) is 51.9 Å². The van der Waals surface area contributed by atoms with Crippen molar-refractivity contribution in [1.29, 1.82) is 0 Å². The first-order valence-corrected chi connectivity index (χ1v) is 9.10. The van der Waals surface area contributed by atoms with Crippen molar-refractivity contribution in [2.24, 2.45) is 0 Å². The summed E-state index contributed by atoms with van der Waals surface area (Å²) in [4.78, 5) is 14.1. The summed E-state index contributed by atoms with van der Waals surface area (Å²) in [7, 11) is 0. The van der Waals surface area contributed by atoms with Crippen molar-refractivity contribution in [2.45, 2.75) is 13.8 Å². The molecular formula is C20H18N4OS. The van der Waals surface area contributed by atoms with Crippen LogP contribution in [0, 0.1) is 13.8 Å². The molecule has 0 radical (unpaired) electrons. The number of para-hydroxylation sites is 1. The molecule has 4 aromatic rings. The molecule has 0 unspecified atom stereocenters. The van der Waals surface area contributed by atoms with E-state index in [9.17, 15) is 4.79 Å². The maximum absolute atomic E-state index is 13.0. The Morgan fingerprint density at radius 1 is 1.08 bits per heavy atom. The number of aryl methyl sites for hydroxylation is 1. The maximum atomic E-state index is 13.0. The van der Waals surface area contributed by atoms with E-state index in [0.29, 0.717) is 11.3 Å². The highest BCUT2D eigenvalue weighted by atomic mass is 32.1. The van der Waals surface area contributed by atoms with Gasteiger partial charge in [-0.2, -0.15) is 5.10 Å². The zero-order valence-electron chi connectivity index (χ0n) is 14.5. The van der Waals surface area contributed by atoms with Gasteiger partial charge in [0.05, 0.1) is 29.3 Å². The van der Waals surface area contributed by atoms with Crippen LogP contribution < -0.4 is 5.32 Å². The minimum atomic E-state index is -0.122. The second-order valence-electron chi connectivity index (χ2n) is 6.02. The molecule has 0 spiro atoms. The van der Waals surface area contributed by atoms with Crippen LogP contribution in [0.4, 0.5) is 5.69 Å². The van der Waals surface area contributed by atoms with Gasteiger partial charge < -0.3 is 9.88 Å². The third kappa shape index (κ3) is 2.95. The molecule has 26 heavy (non-hydrogen) atoms. The second-order valence-corrected chi connectivity index (χ2v) is 7.22. The third-order valence-corrected chi connectivity index (χ3v) is 5.51. The van der Waals surface area contributed by atoms with E-state index in [-0.39, 0.29) is 5.91 Å². The minimum Gasteiger partial charge on any atom is -0.319 e. The molecule has 0 aliphatic carbocycles. The number of amides is 1. The first-order valence-electron chi connectivity index (χ1n) is 8.28. The highest BCUT2D eigenvalue weighted by Crippen LogP contribution is 2.31. The molecule has 0 aliphatic heterocycles. The van der Waals surface area contributed by atoms with Crippen LogP contribution in [0.2, 0.25) is 0 Å². The molecular weight excluding hydrogens is 344 g/mol. The van der Waals surface area contributed by atoms with Crippen LogP contribution in [-0.2, 0) is 0 Å². The Labute approximate surface area is 155 Å². The van der Waals surface area contributed by atoms with E-state index < -0.39 is 0 Å². The van der Waals surface area contributed by atoms with E-state index >= 15 is 0 Å². The summed E-state index contributed by atoms with van der Waals surface area (Å²) in [6.07, 6.45) is 7.38. The summed E-state index contributed by atoms with van der Waals surface area (Å²) in [6, 6.07) is 13.7. The fourth-order valence-corrected chi connectivity index (χ4v) is 3.95. The lowest BCUT2D eigenvalue weighted by Crippen LogP contribution is -2.14.